The zero-order valence-corrected chi connectivity index (χ0v) is 14.1. The van der Waals surface area contributed by atoms with Crippen molar-refractivity contribution in [3.05, 3.63) is 48.4 Å². The minimum atomic E-state index is -0.635. The van der Waals surface area contributed by atoms with E-state index >= 15 is 0 Å². The fourth-order valence-electron chi connectivity index (χ4n) is 2.97. The summed E-state index contributed by atoms with van der Waals surface area (Å²) in [6.07, 6.45) is 2.35. The standard InChI is InChI=1S/C17H18FN5O3/c1-22-7-11(6-19-22)25-15-9-23(8-14(15)24)10-16-20-17(21-26-16)12-4-2-3-5-13(12)18/h2-7,14-15,24H,8-10H2,1H3/t14-,15-/m1/s1. The van der Waals surface area contributed by atoms with Gasteiger partial charge in [-0.05, 0) is 12.1 Å². The molecule has 8 nitrogen and oxygen atoms in total. The number of benzene rings is 1. The summed E-state index contributed by atoms with van der Waals surface area (Å²) in [4.78, 5) is 6.20. The van der Waals surface area contributed by atoms with Crippen LogP contribution in [0.25, 0.3) is 11.4 Å². The predicted molar refractivity (Wildman–Crippen MR) is 88.6 cm³/mol. The molecule has 1 N–H and O–H groups in total. The molecule has 0 spiro atoms. The van der Waals surface area contributed by atoms with Crippen molar-refractivity contribution in [1.29, 1.82) is 0 Å². The monoisotopic (exact) mass is 359 g/mol. The third kappa shape index (κ3) is 3.44. The van der Waals surface area contributed by atoms with Gasteiger partial charge in [-0.25, -0.2) is 4.39 Å². The number of likely N-dealkylation sites (tertiary alicyclic amines) is 1. The molecule has 0 amide bonds. The first-order chi connectivity index (χ1) is 12.6. The third-order valence-corrected chi connectivity index (χ3v) is 4.22. The number of nitrogens with zero attached hydrogens (tertiary/aromatic N) is 5. The number of aryl methyl sites for hydroxylation is 1. The smallest absolute Gasteiger partial charge is 0.241 e. The number of β-amino-alcohol motifs (C(OH)–C–C–N with tert-alkyl or cyclic N) is 1. The average molecular weight is 359 g/mol. The van der Waals surface area contributed by atoms with E-state index in [-0.39, 0.29) is 11.9 Å². The minimum absolute atomic E-state index is 0.209. The molecule has 0 unspecified atom stereocenters. The van der Waals surface area contributed by atoms with E-state index in [2.05, 4.69) is 15.2 Å². The van der Waals surface area contributed by atoms with Gasteiger partial charge in [-0.3, -0.25) is 9.58 Å². The van der Waals surface area contributed by atoms with Crippen LogP contribution < -0.4 is 4.74 Å². The molecular weight excluding hydrogens is 341 g/mol. The van der Waals surface area contributed by atoms with E-state index in [0.29, 0.717) is 36.8 Å². The van der Waals surface area contributed by atoms with E-state index in [4.69, 9.17) is 9.26 Å². The second-order valence-electron chi connectivity index (χ2n) is 6.26. The molecule has 0 radical (unpaired) electrons. The zero-order valence-electron chi connectivity index (χ0n) is 14.1. The lowest BCUT2D eigenvalue weighted by Gasteiger charge is -2.14. The van der Waals surface area contributed by atoms with E-state index in [0.717, 1.165) is 0 Å². The van der Waals surface area contributed by atoms with E-state index in [9.17, 15) is 9.50 Å². The maximum atomic E-state index is 13.8. The normalized spacial score (nSPS) is 20.6. The van der Waals surface area contributed by atoms with Gasteiger partial charge < -0.3 is 14.4 Å². The highest BCUT2D eigenvalue weighted by molar-refractivity contribution is 5.54. The van der Waals surface area contributed by atoms with Crippen molar-refractivity contribution in [2.24, 2.45) is 7.05 Å². The fraction of sp³-hybridized carbons (Fsp3) is 0.353. The zero-order chi connectivity index (χ0) is 18.1. The molecule has 1 aliphatic rings. The lowest BCUT2D eigenvalue weighted by atomic mass is 10.2. The molecule has 1 saturated heterocycles. The van der Waals surface area contributed by atoms with Crippen LogP contribution in [0.1, 0.15) is 5.89 Å². The molecule has 0 bridgehead atoms. The molecule has 136 valence electrons. The largest absolute Gasteiger partial charge is 0.483 e. The second kappa shape index (κ2) is 6.85. The van der Waals surface area contributed by atoms with Gasteiger partial charge in [-0.2, -0.15) is 10.1 Å². The molecule has 1 aliphatic heterocycles. The van der Waals surface area contributed by atoms with E-state index in [1.807, 2.05) is 4.90 Å². The molecule has 4 rings (SSSR count). The number of aliphatic hydroxyl groups is 1. The first-order valence-electron chi connectivity index (χ1n) is 8.21. The Labute approximate surface area is 148 Å². The Bertz CT molecular complexity index is 896. The number of halogens is 1. The summed E-state index contributed by atoms with van der Waals surface area (Å²) in [7, 11) is 1.80. The molecule has 1 fully saturated rings. The first-order valence-corrected chi connectivity index (χ1v) is 8.21. The molecule has 3 heterocycles. The Morgan fingerprint density at radius 1 is 1.35 bits per heavy atom. The van der Waals surface area contributed by atoms with Gasteiger partial charge in [0.25, 0.3) is 0 Å². The van der Waals surface area contributed by atoms with Gasteiger partial charge in [0.2, 0.25) is 11.7 Å². The Kier molecular flexibility index (Phi) is 4.39. The van der Waals surface area contributed by atoms with Crippen molar-refractivity contribution in [3.8, 4) is 17.1 Å². The van der Waals surface area contributed by atoms with Gasteiger partial charge in [0.1, 0.15) is 18.0 Å². The van der Waals surface area contributed by atoms with Crippen LogP contribution in [0.5, 0.6) is 5.75 Å². The summed E-state index contributed by atoms with van der Waals surface area (Å²) < 4.78 is 26.4. The summed E-state index contributed by atoms with van der Waals surface area (Å²) in [5.41, 5.74) is 0.293. The number of ether oxygens (including phenoxy) is 1. The van der Waals surface area contributed by atoms with Gasteiger partial charge in [-0.1, -0.05) is 17.3 Å². The second-order valence-corrected chi connectivity index (χ2v) is 6.26. The van der Waals surface area contributed by atoms with Crippen LogP contribution in [0.3, 0.4) is 0 Å². The van der Waals surface area contributed by atoms with Crippen LogP contribution in [-0.2, 0) is 13.6 Å². The summed E-state index contributed by atoms with van der Waals surface area (Å²) in [6, 6.07) is 6.27. The van der Waals surface area contributed by atoms with Crippen LogP contribution in [0.2, 0.25) is 0 Å². The predicted octanol–water partition coefficient (Wildman–Crippen LogP) is 1.23. The summed E-state index contributed by atoms with van der Waals surface area (Å²) >= 11 is 0. The van der Waals surface area contributed by atoms with E-state index in [1.54, 1.807) is 42.3 Å². The van der Waals surface area contributed by atoms with Crippen molar-refractivity contribution in [1.82, 2.24) is 24.8 Å². The number of hydrogen-bond acceptors (Lipinski definition) is 7. The Balaban J connectivity index is 1.40. The molecule has 26 heavy (non-hydrogen) atoms. The minimum Gasteiger partial charge on any atom is -0.483 e. The van der Waals surface area contributed by atoms with Crippen LogP contribution >= 0.6 is 0 Å². The van der Waals surface area contributed by atoms with Crippen molar-refractivity contribution in [2.45, 2.75) is 18.8 Å². The highest BCUT2D eigenvalue weighted by Gasteiger charge is 2.34. The number of rotatable bonds is 5. The molecule has 0 aliphatic carbocycles. The Morgan fingerprint density at radius 3 is 2.96 bits per heavy atom. The third-order valence-electron chi connectivity index (χ3n) is 4.22. The molecular formula is C17H18FN5O3. The number of hydrogen-bond donors (Lipinski definition) is 1. The number of aromatic nitrogens is 4. The lowest BCUT2D eigenvalue weighted by molar-refractivity contribution is 0.0736. The SMILES string of the molecule is Cn1cc(O[C@@H]2CN(Cc3nc(-c4ccccc4F)no3)C[C@H]2O)cn1. The van der Waals surface area contributed by atoms with Crippen molar-refractivity contribution in [2.75, 3.05) is 13.1 Å². The summed E-state index contributed by atoms with van der Waals surface area (Å²) in [5, 5.41) is 18.1. The molecule has 3 aromatic rings. The quantitative estimate of drug-likeness (QED) is 0.733. The maximum Gasteiger partial charge on any atom is 0.241 e. The molecule has 2 atom stereocenters. The van der Waals surface area contributed by atoms with Crippen molar-refractivity contribution >= 4 is 0 Å². The summed E-state index contributed by atoms with van der Waals surface area (Å²) in [5.74, 6) is 0.776. The van der Waals surface area contributed by atoms with Gasteiger partial charge in [0.15, 0.2) is 5.75 Å². The highest BCUT2D eigenvalue weighted by Crippen LogP contribution is 2.22. The first kappa shape index (κ1) is 16.7. The maximum absolute atomic E-state index is 13.8. The van der Waals surface area contributed by atoms with Gasteiger partial charge in [0, 0.05) is 20.1 Å². The Hall–Kier alpha value is -2.78. The summed E-state index contributed by atoms with van der Waals surface area (Å²) in [6.45, 7) is 1.28. The van der Waals surface area contributed by atoms with E-state index < -0.39 is 11.9 Å². The molecule has 2 aromatic heterocycles. The lowest BCUT2D eigenvalue weighted by Crippen LogP contribution is -2.29. The average Bonchev–Trinajstić information content (AvgIpc) is 3.31. The van der Waals surface area contributed by atoms with Crippen LogP contribution in [0, 0.1) is 5.82 Å². The van der Waals surface area contributed by atoms with Crippen LogP contribution in [0.15, 0.2) is 41.2 Å². The van der Waals surface area contributed by atoms with Gasteiger partial charge >= 0.3 is 0 Å². The molecule has 9 heteroatoms. The molecule has 0 saturated carbocycles. The number of aliphatic hydroxyl groups excluding tert-OH is 1. The van der Waals surface area contributed by atoms with Crippen LogP contribution in [0.4, 0.5) is 4.39 Å². The van der Waals surface area contributed by atoms with Gasteiger partial charge in [-0.15, -0.1) is 0 Å². The topological polar surface area (TPSA) is 89.4 Å². The Morgan fingerprint density at radius 2 is 2.19 bits per heavy atom. The van der Waals surface area contributed by atoms with Gasteiger partial charge in [0.05, 0.1) is 24.5 Å². The van der Waals surface area contributed by atoms with Crippen LogP contribution in [-0.4, -0.2) is 55.2 Å². The van der Waals surface area contributed by atoms with E-state index in [1.165, 1.54) is 6.07 Å². The molecule has 1 aromatic carbocycles. The highest BCUT2D eigenvalue weighted by atomic mass is 19.1. The van der Waals surface area contributed by atoms with Crippen molar-refractivity contribution in [3.63, 3.8) is 0 Å². The fourth-order valence-corrected chi connectivity index (χ4v) is 2.97. The van der Waals surface area contributed by atoms with Crippen molar-refractivity contribution < 1.29 is 18.8 Å².